The SMILES string of the molecule is O=C(O)c1ccc(Cl)c2c1NCC[S+]2[O-]. The van der Waals surface area contributed by atoms with Gasteiger partial charge in [0.1, 0.15) is 11.4 Å². The van der Waals surface area contributed by atoms with E-state index >= 15 is 0 Å². The molecule has 15 heavy (non-hydrogen) atoms. The summed E-state index contributed by atoms with van der Waals surface area (Å²) in [4.78, 5) is 11.3. The molecule has 0 saturated carbocycles. The molecule has 1 aliphatic rings. The molecule has 0 saturated heterocycles. The van der Waals surface area contributed by atoms with Gasteiger partial charge in [-0.25, -0.2) is 4.79 Å². The lowest BCUT2D eigenvalue weighted by Crippen LogP contribution is -2.25. The molecule has 0 bridgehead atoms. The number of carbonyl (C=O) groups is 1. The molecule has 2 N–H and O–H groups in total. The van der Waals surface area contributed by atoms with Gasteiger partial charge in [0.15, 0.2) is 4.90 Å². The van der Waals surface area contributed by atoms with Crippen LogP contribution >= 0.6 is 11.6 Å². The lowest BCUT2D eigenvalue weighted by atomic mass is 10.1. The first kappa shape index (κ1) is 10.6. The van der Waals surface area contributed by atoms with Crippen LogP contribution in [-0.2, 0) is 11.2 Å². The molecular formula is C9H8ClNO3S. The maximum Gasteiger partial charge on any atom is 0.337 e. The van der Waals surface area contributed by atoms with Crippen LogP contribution in [0.25, 0.3) is 0 Å². The van der Waals surface area contributed by atoms with E-state index in [0.29, 0.717) is 27.9 Å². The molecule has 1 heterocycles. The minimum absolute atomic E-state index is 0.113. The van der Waals surface area contributed by atoms with E-state index in [4.69, 9.17) is 16.7 Å². The molecule has 80 valence electrons. The van der Waals surface area contributed by atoms with E-state index in [-0.39, 0.29) is 5.56 Å². The molecule has 1 unspecified atom stereocenters. The summed E-state index contributed by atoms with van der Waals surface area (Å²) in [6.07, 6.45) is 0. The Kier molecular flexibility index (Phi) is 2.77. The minimum atomic E-state index is -1.21. The fraction of sp³-hybridized carbons (Fsp3) is 0.222. The van der Waals surface area contributed by atoms with Crippen LogP contribution in [0.4, 0.5) is 5.69 Å². The molecule has 0 fully saturated rings. The lowest BCUT2D eigenvalue weighted by Gasteiger charge is -2.22. The fourth-order valence-corrected chi connectivity index (χ4v) is 3.11. The highest BCUT2D eigenvalue weighted by Crippen LogP contribution is 2.35. The fourth-order valence-electron chi connectivity index (χ4n) is 1.50. The quantitative estimate of drug-likeness (QED) is 0.737. The van der Waals surface area contributed by atoms with Gasteiger partial charge < -0.3 is 15.0 Å². The van der Waals surface area contributed by atoms with E-state index < -0.39 is 17.1 Å². The average molecular weight is 246 g/mol. The van der Waals surface area contributed by atoms with Gasteiger partial charge in [0.05, 0.1) is 17.1 Å². The third-order valence-electron chi connectivity index (χ3n) is 2.16. The van der Waals surface area contributed by atoms with Crippen molar-refractivity contribution < 1.29 is 14.5 Å². The summed E-state index contributed by atoms with van der Waals surface area (Å²) in [5.41, 5.74) is 0.502. The molecular weight excluding hydrogens is 238 g/mol. The van der Waals surface area contributed by atoms with Crippen LogP contribution < -0.4 is 5.32 Å². The van der Waals surface area contributed by atoms with Gasteiger partial charge in [-0.15, -0.1) is 0 Å². The van der Waals surface area contributed by atoms with Crippen molar-refractivity contribution in [3.05, 3.63) is 22.7 Å². The van der Waals surface area contributed by atoms with E-state index in [1.807, 2.05) is 0 Å². The number of fused-ring (bicyclic) bond motifs is 1. The van der Waals surface area contributed by atoms with Crippen LogP contribution in [0.15, 0.2) is 17.0 Å². The van der Waals surface area contributed by atoms with E-state index in [9.17, 15) is 9.35 Å². The summed E-state index contributed by atoms with van der Waals surface area (Å²) in [5.74, 6) is -0.593. The molecule has 4 nitrogen and oxygen atoms in total. The number of aromatic carboxylic acids is 1. The molecule has 1 aromatic carbocycles. The summed E-state index contributed by atoms with van der Waals surface area (Å²) >= 11 is 4.68. The smallest absolute Gasteiger partial charge is 0.337 e. The van der Waals surface area contributed by atoms with Crippen LogP contribution in [0.5, 0.6) is 0 Å². The number of carboxylic acids is 1. The summed E-state index contributed by atoms with van der Waals surface area (Å²) in [7, 11) is 0. The molecule has 0 aliphatic carbocycles. The zero-order valence-corrected chi connectivity index (χ0v) is 9.19. The molecule has 0 amide bonds. The Morgan fingerprint density at radius 1 is 1.60 bits per heavy atom. The predicted molar refractivity (Wildman–Crippen MR) is 58.2 cm³/mol. The minimum Gasteiger partial charge on any atom is -0.611 e. The number of carboxylic acid groups (broad SMARTS) is 1. The van der Waals surface area contributed by atoms with Gasteiger partial charge in [0, 0.05) is 0 Å². The van der Waals surface area contributed by atoms with Crippen LogP contribution in [0.1, 0.15) is 10.4 Å². The molecule has 0 aromatic heterocycles. The first-order chi connectivity index (χ1) is 7.11. The zero-order valence-electron chi connectivity index (χ0n) is 7.62. The van der Waals surface area contributed by atoms with Crippen molar-refractivity contribution in [1.82, 2.24) is 0 Å². The second-order valence-corrected chi connectivity index (χ2v) is 5.00. The van der Waals surface area contributed by atoms with Crippen LogP contribution in [0.3, 0.4) is 0 Å². The second-order valence-electron chi connectivity index (χ2n) is 3.08. The highest BCUT2D eigenvalue weighted by Gasteiger charge is 2.29. The van der Waals surface area contributed by atoms with Gasteiger partial charge in [-0.1, -0.05) is 11.6 Å². The summed E-state index contributed by atoms with van der Waals surface area (Å²) in [6.45, 7) is 0.500. The topological polar surface area (TPSA) is 72.4 Å². The zero-order chi connectivity index (χ0) is 11.0. The largest absolute Gasteiger partial charge is 0.611 e. The first-order valence-electron chi connectivity index (χ1n) is 4.29. The third kappa shape index (κ3) is 1.78. The van der Waals surface area contributed by atoms with Crippen LogP contribution in [-0.4, -0.2) is 27.9 Å². The van der Waals surface area contributed by atoms with Crippen LogP contribution in [0.2, 0.25) is 5.02 Å². The summed E-state index contributed by atoms with van der Waals surface area (Å²) in [5, 5.41) is 12.2. The van der Waals surface area contributed by atoms with E-state index in [2.05, 4.69) is 5.32 Å². The Morgan fingerprint density at radius 3 is 3.00 bits per heavy atom. The maximum absolute atomic E-state index is 11.7. The Labute approximate surface area is 94.4 Å². The standard InChI is InChI=1S/C9H8ClNO3S/c10-6-2-1-5(9(12)13)7-8(6)15(14)4-3-11-7/h1-2,11H,3-4H2,(H,12,13). The number of rotatable bonds is 1. The van der Waals surface area contributed by atoms with Gasteiger partial charge in [0.2, 0.25) is 0 Å². The van der Waals surface area contributed by atoms with Crippen molar-refractivity contribution >= 4 is 34.4 Å². The summed E-state index contributed by atoms with van der Waals surface area (Å²) in [6, 6.07) is 2.88. The van der Waals surface area contributed by atoms with Crippen molar-refractivity contribution in [3.63, 3.8) is 0 Å². The predicted octanol–water partition coefficient (Wildman–Crippen LogP) is 1.57. The van der Waals surface area contributed by atoms with Gasteiger partial charge in [-0.2, -0.15) is 0 Å². The van der Waals surface area contributed by atoms with Crippen LogP contribution in [0, 0.1) is 0 Å². The number of hydrogen-bond acceptors (Lipinski definition) is 3. The second kappa shape index (κ2) is 3.92. The first-order valence-corrected chi connectivity index (χ1v) is 5.99. The highest BCUT2D eigenvalue weighted by atomic mass is 35.5. The Hall–Kier alpha value is -0.910. The van der Waals surface area contributed by atoms with Crippen molar-refractivity contribution in [2.75, 3.05) is 17.6 Å². The Morgan fingerprint density at radius 2 is 2.33 bits per heavy atom. The molecule has 2 rings (SSSR count). The monoisotopic (exact) mass is 245 g/mol. The van der Waals surface area contributed by atoms with Gasteiger partial charge in [0.25, 0.3) is 0 Å². The number of hydrogen-bond donors (Lipinski definition) is 2. The summed E-state index contributed by atoms with van der Waals surface area (Å²) < 4.78 is 11.7. The molecule has 6 heteroatoms. The van der Waals surface area contributed by atoms with Crippen molar-refractivity contribution in [2.24, 2.45) is 0 Å². The Bertz CT molecular complexity index is 424. The van der Waals surface area contributed by atoms with Crippen molar-refractivity contribution in [1.29, 1.82) is 0 Å². The molecule has 1 atom stereocenters. The highest BCUT2D eigenvalue weighted by molar-refractivity contribution is 7.91. The van der Waals surface area contributed by atoms with E-state index in [0.717, 1.165) is 0 Å². The van der Waals surface area contributed by atoms with Gasteiger partial charge in [-0.3, -0.25) is 0 Å². The number of halogens is 1. The number of anilines is 1. The normalized spacial score (nSPS) is 19.2. The maximum atomic E-state index is 11.7. The third-order valence-corrected chi connectivity index (χ3v) is 4.04. The molecule has 0 radical (unpaired) electrons. The van der Waals surface area contributed by atoms with Gasteiger partial charge in [-0.05, 0) is 23.3 Å². The molecule has 1 aromatic rings. The van der Waals surface area contributed by atoms with Crippen molar-refractivity contribution in [3.8, 4) is 0 Å². The van der Waals surface area contributed by atoms with E-state index in [1.165, 1.54) is 12.1 Å². The lowest BCUT2D eigenvalue weighted by molar-refractivity contribution is 0.0697. The molecule has 0 spiro atoms. The Balaban J connectivity index is 2.63. The van der Waals surface area contributed by atoms with Crippen molar-refractivity contribution in [2.45, 2.75) is 4.90 Å². The number of benzene rings is 1. The average Bonchev–Trinajstić information content (AvgIpc) is 2.17. The number of nitrogens with one attached hydrogen (secondary N) is 1. The van der Waals surface area contributed by atoms with Gasteiger partial charge >= 0.3 is 5.97 Å². The molecule has 1 aliphatic heterocycles. The van der Waals surface area contributed by atoms with E-state index in [1.54, 1.807) is 0 Å².